The monoisotopic (exact) mass is 273 g/mol. The second-order valence-electron chi connectivity index (χ2n) is 5.36. The Morgan fingerprint density at radius 2 is 1.89 bits per heavy atom. The zero-order valence-electron chi connectivity index (χ0n) is 12.3. The molecule has 18 heavy (non-hydrogen) atoms. The summed E-state index contributed by atoms with van der Waals surface area (Å²) in [4.78, 5) is 2.64. The number of ether oxygens (including phenoxy) is 1. The lowest BCUT2D eigenvalue weighted by Crippen LogP contribution is -2.33. The summed E-state index contributed by atoms with van der Waals surface area (Å²) in [7, 11) is 1.81. The van der Waals surface area contributed by atoms with Gasteiger partial charge in [0, 0.05) is 38.3 Å². The fourth-order valence-electron chi connectivity index (χ4n) is 2.61. The first kappa shape index (κ1) is 16.3. The molecule has 1 aliphatic rings. The van der Waals surface area contributed by atoms with Crippen molar-refractivity contribution >= 4 is 11.8 Å². The lowest BCUT2D eigenvalue weighted by Gasteiger charge is -2.26. The maximum Gasteiger partial charge on any atom is 0.0464 e. The van der Waals surface area contributed by atoms with Crippen LogP contribution in [-0.4, -0.2) is 49.8 Å². The van der Waals surface area contributed by atoms with E-state index < -0.39 is 0 Å². The highest BCUT2D eigenvalue weighted by molar-refractivity contribution is 7.99. The Labute approximate surface area is 118 Å². The molecule has 0 aromatic carbocycles. The Morgan fingerprint density at radius 1 is 1.11 bits per heavy atom. The van der Waals surface area contributed by atoms with Crippen LogP contribution < -0.4 is 0 Å². The van der Waals surface area contributed by atoms with Gasteiger partial charge in [-0.1, -0.05) is 32.6 Å². The Hall–Kier alpha value is 0.270. The Balaban J connectivity index is 1.93. The van der Waals surface area contributed by atoms with E-state index in [1.165, 1.54) is 69.7 Å². The zero-order chi connectivity index (χ0) is 13.1. The van der Waals surface area contributed by atoms with Gasteiger partial charge in [-0.2, -0.15) is 11.8 Å². The van der Waals surface area contributed by atoms with Gasteiger partial charge in [-0.05, 0) is 25.3 Å². The van der Waals surface area contributed by atoms with Crippen molar-refractivity contribution in [3.63, 3.8) is 0 Å². The van der Waals surface area contributed by atoms with Crippen LogP contribution >= 0.6 is 11.8 Å². The summed E-state index contributed by atoms with van der Waals surface area (Å²) in [6.07, 6.45) is 8.17. The molecule has 1 rings (SSSR count). The number of methoxy groups -OCH3 is 1. The molecule has 0 bridgehead atoms. The predicted octanol–water partition coefficient (Wildman–Crippen LogP) is 3.66. The first-order valence-electron chi connectivity index (χ1n) is 7.65. The summed E-state index contributed by atoms with van der Waals surface area (Å²) >= 11 is 2.10. The van der Waals surface area contributed by atoms with Gasteiger partial charge in [0.2, 0.25) is 0 Å². The molecule has 0 radical (unpaired) electrons. The zero-order valence-corrected chi connectivity index (χ0v) is 13.1. The molecule has 0 aromatic heterocycles. The Kier molecular flexibility index (Phi) is 10.1. The fraction of sp³-hybridized carbons (Fsp3) is 1.00. The predicted molar refractivity (Wildman–Crippen MR) is 82.5 cm³/mol. The minimum atomic E-state index is 0.885. The average molecular weight is 273 g/mol. The van der Waals surface area contributed by atoms with E-state index in [9.17, 15) is 0 Å². The van der Waals surface area contributed by atoms with Crippen LogP contribution in [0.25, 0.3) is 0 Å². The number of unbranched alkanes of at least 4 members (excludes halogenated alkanes) is 2. The van der Waals surface area contributed by atoms with E-state index in [-0.39, 0.29) is 0 Å². The third-order valence-electron chi connectivity index (χ3n) is 4.00. The van der Waals surface area contributed by atoms with Crippen molar-refractivity contribution < 1.29 is 4.74 Å². The Bertz CT molecular complexity index is 183. The molecular formula is C15H31NOS. The number of thioether (sulfide) groups is 1. The molecule has 0 N–H and O–H groups in total. The van der Waals surface area contributed by atoms with Crippen LogP contribution in [0.5, 0.6) is 0 Å². The highest BCUT2D eigenvalue weighted by Crippen LogP contribution is 2.17. The molecule has 0 saturated carbocycles. The molecule has 0 aromatic rings. The topological polar surface area (TPSA) is 12.5 Å². The van der Waals surface area contributed by atoms with Crippen molar-refractivity contribution in [2.45, 2.75) is 45.4 Å². The van der Waals surface area contributed by atoms with Crippen molar-refractivity contribution in [3.8, 4) is 0 Å². The first-order chi connectivity index (χ1) is 8.86. The molecule has 2 nitrogen and oxygen atoms in total. The third-order valence-corrected chi connectivity index (χ3v) is 4.94. The molecular weight excluding hydrogens is 242 g/mol. The highest BCUT2D eigenvalue weighted by atomic mass is 32.2. The summed E-state index contributed by atoms with van der Waals surface area (Å²) in [6.45, 7) is 7.21. The van der Waals surface area contributed by atoms with E-state index in [0.717, 1.165) is 12.5 Å². The highest BCUT2D eigenvalue weighted by Gasteiger charge is 2.10. The van der Waals surface area contributed by atoms with Crippen LogP contribution in [0.15, 0.2) is 0 Å². The van der Waals surface area contributed by atoms with E-state index in [1.54, 1.807) is 0 Å². The first-order valence-corrected chi connectivity index (χ1v) is 8.81. The summed E-state index contributed by atoms with van der Waals surface area (Å²) in [6, 6.07) is 0. The van der Waals surface area contributed by atoms with Crippen LogP contribution in [0.4, 0.5) is 0 Å². The van der Waals surface area contributed by atoms with E-state index >= 15 is 0 Å². The van der Waals surface area contributed by atoms with Gasteiger partial charge in [0.1, 0.15) is 0 Å². The molecule has 1 atom stereocenters. The minimum Gasteiger partial charge on any atom is -0.385 e. The molecule has 0 amide bonds. The quantitative estimate of drug-likeness (QED) is 0.564. The molecule has 3 heteroatoms. The fourth-order valence-corrected chi connectivity index (χ4v) is 3.59. The van der Waals surface area contributed by atoms with Crippen molar-refractivity contribution in [1.29, 1.82) is 0 Å². The van der Waals surface area contributed by atoms with Gasteiger partial charge < -0.3 is 9.64 Å². The van der Waals surface area contributed by atoms with Crippen molar-refractivity contribution in [2.24, 2.45) is 5.92 Å². The van der Waals surface area contributed by atoms with Crippen LogP contribution in [0.2, 0.25) is 0 Å². The molecule has 108 valence electrons. The molecule has 1 aliphatic heterocycles. The van der Waals surface area contributed by atoms with Crippen molar-refractivity contribution in [1.82, 2.24) is 4.90 Å². The molecule has 1 fully saturated rings. The van der Waals surface area contributed by atoms with Gasteiger partial charge in [0.05, 0.1) is 0 Å². The van der Waals surface area contributed by atoms with Crippen molar-refractivity contribution in [3.05, 3.63) is 0 Å². The summed E-state index contributed by atoms with van der Waals surface area (Å²) < 4.78 is 5.17. The molecule has 0 aliphatic carbocycles. The standard InChI is InChI=1S/C15H31NOS/c1-3-15(8-12-17-2)7-5-4-6-9-16-10-13-18-14-11-16/h15H,3-14H2,1-2H3/t15-/m1/s1. The van der Waals surface area contributed by atoms with E-state index in [1.807, 2.05) is 7.11 Å². The normalized spacial score (nSPS) is 19.0. The lowest BCUT2D eigenvalue weighted by molar-refractivity contribution is 0.173. The number of hydrogen-bond acceptors (Lipinski definition) is 3. The number of hydrogen-bond donors (Lipinski definition) is 0. The second-order valence-corrected chi connectivity index (χ2v) is 6.58. The smallest absolute Gasteiger partial charge is 0.0464 e. The van der Waals surface area contributed by atoms with Gasteiger partial charge in [0.25, 0.3) is 0 Å². The SMILES string of the molecule is CC[C@H](CCCCCN1CCSCC1)CCOC. The molecule has 0 spiro atoms. The van der Waals surface area contributed by atoms with Gasteiger partial charge in [0.15, 0.2) is 0 Å². The summed E-state index contributed by atoms with van der Waals surface area (Å²) in [5, 5.41) is 0. The Morgan fingerprint density at radius 3 is 2.56 bits per heavy atom. The van der Waals surface area contributed by atoms with Gasteiger partial charge >= 0.3 is 0 Å². The van der Waals surface area contributed by atoms with E-state index in [2.05, 4.69) is 23.6 Å². The maximum absolute atomic E-state index is 5.17. The van der Waals surface area contributed by atoms with Crippen LogP contribution in [-0.2, 0) is 4.74 Å². The van der Waals surface area contributed by atoms with Crippen molar-refractivity contribution in [2.75, 3.05) is 44.9 Å². The average Bonchev–Trinajstić information content (AvgIpc) is 2.43. The summed E-state index contributed by atoms with van der Waals surface area (Å²) in [5.74, 6) is 3.57. The van der Waals surface area contributed by atoms with Crippen LogP contribution in [0.3, 0.4) is 0 Å². The number of nitrogens with zero attached hydrogens (tertiary/aromatic N) is 1. The van der Waals surface area contributed by atoms with E-state index in [4.69, 9.17) is 4.74 Å². The lowest BCUT2D eigenvalue weighted by atomic mass is 9.95. The van der Waals surface area contributed by atoms with Gasteiger partial charge in [-0.3, -0.25) is 0 Å². The summed E-state index contributed by atoms with van der Waals surface area (Å²) in [5.41, 5.74) is 0. The molecule has 1 saturated heterocycles. The van der Waals surface area contributed by atoms with Crippen LogP contribution in [0, 0.1) is 5.92 Å². The molecule has 1 heterocycles. The second kappa shape index (κ2) is 11.1. The maximum atomic E-state index is 5.17. The third kappa shape index (κ3) is 7.65. The van der Waals surface area contributed by atoms with Gasteiger partial charge in [-0.25, -0.2) is 0 Å². The van der Waals surface area contributed by atoms with Gasteiger partial charge in [-0.15, -0.1) is 0 Å². The minimum absolute atomic E-state index is 0.885. The molecule has 0 unspecified atom stereocenters. The van der Waals surface area contributed by atoms with E-state index in [0.29, 0.717) is 0 Å². The number of rotatable bonds is 10. The van der Waals surface area contributed by atoms with Crippen LogP contribution in [0.1, 0.15) is 45.4 Å². The largest absolute Gasteiger partial charge is 0.385 e.